The van der Waals surface area contributed by atoms with Crippen molar-refractivity contribution in [2.75, 3.05) is 16.8 Å². The van der Waals surface area contributed by atoms with Crippen LogP contribution in [0, 0.1) is 0 Å². The van der Waals surface area contributed by atoms with Crippen LogP contribution in [0.4, 0.5) is 5.13 Å². The van der Waals surface area contributed by atoms with Crippen LogP contribution in [0.1, 0.15) is 31.7 Å². The van der Waals surface area contributed by atoms with Crippen LogP contribution < -0.4 is 10.6 Å². The zero-order valence-electron chi connectivity index (χ0n) is 11.5. The quantitative estimate of drug-likeness (QED) is 0.804. The van der Waals surface area contributed by atoms with E-state index in [4.69, 9.17) is 12.2 Å². The van der Waals surface area contributed by atoms with Crippen molar-refractivity contribution >= 4 is 43.6 Å². The van der Waals surface area contributed by atoms with Gasteiger partial charge in [-0.3, -0.25) is 0 Å². The zero-order valence-corrected chi connectivity index (χ0v) is 13.9. The summed E-state index contributed by atoms with van der Waals surface area (Å²) >= 11 is 6.68. The van der Waals surface area contributed by atoms with E-state index in [-0.39, 0.29) is 11.5 Å². The summed E-state index contributed by atoms with van der Waals surface area (Å²) in [6.45, 7) is 3.95. The van der Waals surface area contributed by atoms with Crippen molar-refractivity contribution < 1.29 is 8.42 Å². The van der Waals surface area contributed by atoms with Crippen LogP contribution in [0.3, 0.4) is 0 Å². The maximum absolute atomic E-state index is 11.5. The van der Waals surface area contributed by atoms with Gasteiger partial charge in [-0.25, -0.2) is 8.42 Å². The minimum atomic E-state index is -2.95. The maximum Gasteiger partial charge on any atom is 0.211 e. The molecular formula is C11H18N4O2S3. The third kappa shape index (κ3) is 4.10. The van der Waals surface area contributed by atoms with E-state index in [2.05, 4.69) is 27.8 Å². The molecule has 0 unspecified atom stereocenters. The average molecular weight is 334 g/mol. The van der Waals surface area contributed by atoms with E-state index in [1.807, 2.05) is 6.92 Å². The summed E-state index contributed by atoms with van der Waals surface area (Å²) in [7, 11) is -2.95. The third-order valence-corrected chi connectivity index (χ3v) is 6.08. The van der Waals surface area contributed by atoms with Crippen molar-refractivity contribution in [2.24, 2.45) is 0 Å². The van der Waals surface area contributed by atoms with Crippen molar-refractivity contribution in [3.63, 3.8) is 0 Å². The Morgan fingerprint density at radius 2 is 2.25 bits per heavy atom. The minimum Gasteiger partial charge on any atom is -0.356 e. The molecule has 0 bridgehead atoms. The van der Waals surface area contributed by atoms with E-state index in [0.717, 1.165) is 17.8 Å². The molecule has 1 aromatic rings. The van der Waals surface area contributed by atoms with Gasteiger partial charge in [-0.05, 0) is 32.0 Å². The van der Waals surface area contributed by atoms with Crippen molar-refractivity contribution in [3.05, 3.63) is 5.01 Å². The van der Waals surface area contributed by atoms with Gasteiger partial charge in [0.2, 0.25) is 5.13 Å². The summed E-state index contributed by atoms with van der Waals surface area (Å²) in [5, 5.41) is 16.1. The lowest BCUT2D eigenvalue weighted by Gasteiger charge is -2.25. The standard InChI is InChI=1S/C11H18N4O2S3/c1-3-4-8-14-15-10(19-8)12-9(18)13-11(2)5-6-20(16,17)7-11/h3-7H2,1-2H3,(H2,12,13,15,18)/t11-/m0/s1. The van der Waals surface area contributed by atoms with Crippen LogP contribution in [-0.4, -0.2) is 40.8 Å². The molecule has 0 aromatic carbocycles. The summed E-state index contributed by atoms with van der Waals surface area (Å²) in [6.07, 6.45) is 2.48. The normalized spacial score (nSPS) is 24.5. The van der Waals surface area contributed by atoms with Gasteiger partial charge in [0.15, 0.2) is 14.9 Å². The Bertz CT molecular complexity index is 599. The number of anilines is 1. The highest BCUT2D eigenvalue weighted by Crippen LogP contribution is 2.23. The lowest BCUT2D eigenvalue weighted by molar-refractivity contribution is 0.474. The average Bonchev–Trinajstić information content (AvgIpc) is 2.84. The molecule has 0 spiro atoms. The Morgan fingerprint density at radius 3 is 2.85 bits per heavy atom. The van der Waals surface area contributed by atoms with Gasteiger partial charge in [-0.15, -0.1) is 10.2 Å². The van der Waals surface area contributed by atoms with E-state index < -0.39 is 15.4 Å². The third-order valence-electron chi connectivity index (χ3n) is 3.07. The summed E-state index contributed by atoms with van der Waals surface area (Å²) in [4.78, 5) is 0. The van der Waals surface area contributed by atoms with Gasteiger partial charge in [0.1, 0.15) is 5.01 Å². The topological polar surface area (TPSA) is 84.0 Å². The number of nitrogens with one attached hydrogen (secondary N) is 2. The van der Waals surface area contributed by atoms with E-state index >= 15 is 0 Å². The highest BCUT2D eigenvalue weighted by molar-refractivity contribution is 7.91. The molecule has 0 radical (unpaired) electrons. The molecule has 1 atom stereocenters. The van der Waals surface area contributed by atoms with Crippen LogP contribution in [0.2, 0.25) is 0 Å². The van der Waals surface area contributed by atoms with E-state index in [1.165, 1.54) is 11.3 Å². The van der Waals surface area contributed by atoms with Gasteiger partial charge in [-0.1, -0.05) is 18.3 Å². The largest absolute Gasteiger partial charge is 0.356 e. The van der Waals surface area contributed by atoms with E-state index in [1.54, 1.807) is 0 Å². The molecule has 2 N–H and O–H groups in total. The number of aromatic nitrogens is 2. The molecule has 20 heavy (non-hydrogen) atoms. The molecular weight excluding hydrogens is 316 g/mol. The maximum atomic E-state index is 11.5. The number of hydrogen-bond donors (Lipinski definition) is 2. The lowest BCUT2D eigenvalue weighted by Crippen LogP contribution is -2.48. The summed E-state index contributed by atoms with van der Waals surface area (Å²) in [5.41, 5.74) is -0.500. The van der Waals surface area contributed by atoms with Crippen molar-refractivity contribution in [3.8, 4) is 0 Å². The molecule has 2 rings (SSSR count). The molecule has 1 fully saturated rings. The fourth-order valence-corrected chi connectivity index (χ4v) is 5.48. The van der Waals surface area contributed by atoms with Gasteiger partial charge < -0.3 is 10.6 Å². The number of nitrogens with zero attached hydrogens (tertiary/aromatic N) is 2. The highest BCUT2D eigenvalue weighted by atomic mass is 32.2. The molecule has 9 heteroatoms. The van der Waals surface area contributed by atoms with Crippen LogP contribution >= 0.6 is 23.6 Å². The molecule has 2 heterocycles. The Kier molecular flexibility index (Phi) is 4.60. The molecule has 1 aromatic heterocycles. The second-order valence-corrected chi connectivity index (χ2v) is 8.89. The summed E-state index contributed by atoms with van der Waals surface area (Å²) < 4.78 is 23.1. The fraction of sp³-hybridized carbons (Fsp3) is 0.727. The SMILES string of the molecule is CCCc1nnc(NC(=S)N[C@@]2(C)CCS(=O)(=O)C2)s1. The number of sulfone groups is 1. The number of thiocarbonyl (C=S) groups is 1. The first-order valence-electron chi connectivity index (χ1n) is 6.44. The number of hydrogen-bond acceptors (Lipinski definition) is 6. The first-order chi connectivity index (χ1) is 9.32. The minimum absolute atomic E-state index is 0.110. The van der Waals surface area contributed by atoms with Gasteiger partial charge in [0.05, 0.1) is 17.0 Å². The van der Waals surface area contributed by atoms with Gasteiger partial charge >= 0.3 is 0 Å². The fourth-order valence-electron chi connectivity index (χ4n) is 2.13. The van der Waals surface area contributed by atoms with Crippen LogP contribution in [0.15, 0.2) is 0 Å². The van der Waals surface area contributed by atoms with Gasteiger partial charge in [-0.2, -0.15) is 0 Å². The second-order valence-electron chi connectivity index (χ2n) is 5.23. The highest BCUT2D eigenvalue weighted by Gasteiger charge is 2.38. The molecule has 112 valence electrons. The molecule has 0 aliphatic carbocycles. The Morgan fingerprint density at radius 1 is 1.50 bits per heavy atom. The van der Waals surface area contributed by atoms with Gasteiger partial charge in [0, 0.05) is 6.42 Å². The first kappa shape index (κ1) is 15.6. The monoisotopic (exact) mass is 334 g/mol. The second kappa shape index (κ2) is 5.90. The number of aryl methyl sites for hydroxylation is 1. The van der Waals surface area contributed by atoms with Crippen LogP contribution in [0.25, 0.3) is 0 Å². The molecule has 1 saturated heterocycles. The van der Waals surface area contributed by atoms with E-state index in [0.29, 0.717) is 16.7 Å². The molecule has 1 aliphatic heterocycles. The predicted octanol–water partition coefficient (Wildman–Crippen LogP) is 1.35. The molecule has 0 saturated carbocycles. The van der Waals surface area contributed by atoms with Crippen molar-refractivity contribution in [1.82, 2.24) is 15.5 Å². The molecule has 6 nitrogen and oxygen atoms in total. The predicted molar refractivity (Wildman–Crippen MR) is 84.9 cm³/mol. The summed E-state index contributed by atoms with van der Waals surface area (Å²) in [6, 6.07) is 0. The Balaban J connectivity index is 1.92. The lowest BCUT2D eigenvalue weighted by atomic mass is 10.0. The van der Waals surface area contributed by atoms with E-state index in [9.17, 15) is 8.42 Å². The number of rotatable bonds is 4. The Hall–Kier alpha value is -0.800. The zero-order chi connectivity index (χ0) is 14.8. The van der Waals surface area contributed by atoms with Crippen molar-refractivity contribution in [2.45, 2.75) is 38.6 Å². The smallest absolute Gasteiger partial charge is 0.211 e. The molecule has 0 amide bonds. The summed E-state index contributed by atoms with van der Waals surface area (Å²) in [5.74, 6) is 0.317. The Labute approximate surface area is 128 Å². The van der Waals surface area contributed by atoms with Crippen molar-refractivity contribution in [1.29, 1.82) is 0 Å². The van der Waals surface area contributed by atoms with Crippen LogP contribution in [-0.2, 0) is 16.3 Å². The molecule has 1 aliphatic rings. The first-order valence-corrected chi connectivity index (χ1v) is 9.48. The van der Waals surface area contributed by atoms with Crippen LogP contribution in [0.5, 0.6) is 0 Å². The van der Waals surface area contributed by atoms with Gasteiger partial charge in [0.25, 0.3) is 0 Å².